The number of ether oxygens (including phenoxy) is 1. The van der Waals surface area contributed by atoms with Gasteiger partial charge in [-0.15, -0.1) is 0 Å². The third-order valence-electron chi connectivity index (χ3n) is 7.28. The molecule has 0 saturated carbocycles. The van der Waals surface area contributed by atoms with Crippen LogP contribution in [-0.4, -0.2) is 98.6 Å². The van der Waals surface area contributed by atoms with Crippen molar-refractivity contribution in [1.29, 1.82) is 0 Å². The van der Waals surface area contributed by atoms with Crippen LogP contribution in [0.2, 0.25) is 0 Å². The van der Waals surface area contributed by atoms with E-state index in [1.807, 2.05) is 4.90 Å². The monoisotopic (exact) mass is 485 g/mol. The van der Waals surface area contributed by atoms with Gasteiger partial charge in [-0.25, -0.2) is 4.79 Å². The zero-order valence-electron chi connectivity index (χ0n) is 21.3. The summed E-state index contributed by atoms with van der Waals surface area (Å²) in [6.45, 7) is 13.2. The van der Waals surface area contributed by atoms with E-state index in [0.29, 0.717) is 28.8 Å². The lowest BCUT2D eigenvalue weighted by atomic mass is 9.95. The van der Waals surface area contributed by atoms with E-state index in [1.54, 1.807) is 18.2 Å². The first-order chi connectivity index (χ1) is 16.8. The van der Waals surface area contributed by atoms with Crippen LogP contribution in [0.25, 0.3) is 0 Å². The molecule has 1 N–H and O–H groups in total. The SMILES string of the molecule is COc1ccc(C(=O)N2CCC(CN3CCN(CC(C)C)CC3)CC2)cc1N1CCC(=O)NC1=O. The first kappa shape index (κ1) is 25.4. The third-order valence-corrected chi connectivity index (χ3v) is 7.28. The molecule has 0 spiro atoms. The Balaban J connectivity index is 1.31. The van der Waals surface area contributed by atoms with E-state index in [-0.39, 0.29) is 24.8 Å². The average molecular weight is 486 g/mol. The van der Waals surface area contributed by atoms with E-state index in [9.17, 15) is 14.4 Å². The molecule has 3 heterocycles. The van der Waals surface area contributed by atoms with Crippen molar-refractivity contribution in [2.45, 2.75) is 33.1 Å². The summed E-state index contributed by atoms with van der Waals surface area (Å²) >= 11 is 0. The number of methoxy groups -OCH3 is 1. The van der Waals surface area contributed by atoms with Gasteiger partial charge >= 0.3 is 6.03 Å². The van der Waals surface area contributed by atoms with E-state index in [2.05, 4.69) is 29.0 Å². The maximum absolute atomic E-state index is 13.3. The molecule has 1 aromatic rings. The largest absolute Gasteiger partial charge is 0.495 e. The lowest BCUT2D eigenvalue weighted by molar-refractivity contribution is -0.120. The van der Waals surface area contributed by atoms with Gasteiger partial charge in [0.25, 0.3) is 5.91 Å². The number of carbonyl (C=O) groups excluding carboxylic acids is 3. The number of hydrogen-bond acceptors (Lipinski definition) is 6. The predicted octanol–water partition coefficient (Wildman–Crippen LogP) is 2.27. The zero-order valence-corrected chi connectivity index (χ0v) is 21.3. The molecule has 35 heavy (non-hydrogen) atoms. The number of likely N-dealkylation sites (tertiary alicyclic amines) is 1. The van der Waals surface area contributed by atoms with E-state index in [4.69, 9.17) is 4.74 Å². The zero-order chi connectivity index (χ0) is 24.9. The number of nitrogens with one attached hydrogen (secondary N) is 1. The Morgan fingerprint density at radius 1 is 1.03 bits per heavy atom. The lowest BCUT2D eigenvalue weighted by Crippen LogP contribution is -2.50. The summed E-state index contributed by atoms with van der Waals surface area (Å²) in [5, 5.41) is 2.33. The van der Waals surface area contributed by atoms with Crippen LogP contribution in [-0.2, 0) is 4.79 Å². The molecule has 4 rings (SSSR count). The number of nitrogens with zero attached hydrogens (tertiary/aromatic N) is 4. The van der Waals surface area contributed by atoms with Gasteiger partial charge in [-0.1, -0.05) is 13.8 Å². The summed E-state index contributed by atoms with van der Waals surface area (Å²) in [6.07, 6.45) is 2.24. The predicted molar refractivity (Wildman–Crippen MR) is 135 cm³/mol. The van der Waals surface area contributed by atoms with Crippen molar-refractivity contribution in [3.63, 3.8) is 0 Å². The van der Waals surface area contributed by atoms with Crippen molar-refractivity contribution >= 4 is 23.5 Å². The Hall–Kier alpha value is -2.65. The molecule has 0 aliphatic carbocycles. The van der Waals surface area contributed by atoms with Crippen LogP contribution in [0.1, 0.15) is 43.5 Å². The molecule has 4 amide bonds. The molecular formula is C26H39N5O4. The van der Waals surface area contributed by atoms with Crippen molar-refractivity contribution in [1.82, 2.24) is 20.0 Å². The van der Waals surface area contributed by atoms with E-state index >= 15 is 0 Å². The Morgan fingerprint density at radius 3 is 2.34 bits per heavy atom. The van der Waals surface area contributed by atoms with Crippen molar-refractivity contribution in [3.8, 4) is 5.75 Å². The summed E-state index contributed by atoms with van der Waals surface area (Å²) in [5.74, 6) is 1.52. The van der Waals surface area contributed by atoms with Gasteiger partial charge in [0, 0.05) is 70.9 Å². The molecule has 0 radical (unpaired) electrons. The maximum atomic E-state index is 13.3. The molecule has 3 aliphatic rings. The summed E-state index contributed by atoms with van der Waals surface area (Å²) in [4.78, 5) is 45.7. The highest BCUT2D eigenvalue weighted by Crippen LogP contribution is 2.31. The Morgan fingerprint density at radius 2 is 1.71 bits per heavy atom. The molecule has 192 valence electrons. The highest BCUT2D eigenvalue weighted by atomic mass is 16.5. The van der Waals surface area contributed by atoms with E-state index in [0.717, 1.165) is 58.7 Å². The fourth-order valence-corrected chi connectivity index (χ4v) is 5.37. The second-order valence-electron chi connectivity index (χ2n) is 10.4. The fraction of sp³-hybridized carbons (Fsp3) is 0.654. The molecule has 3 saturated heterocycles. The first-order valence-electron chi connectivity index (χ1n) is 12.9. The van der Waals surface area contributed by atoms with Crippen LogP contribution >= 0.6 is 0 Å². The number of hydrogen-bond donors (Lipinski definition) is 1. The summed E-state index contributed by atoms with van der Waals surface area (Å²) in [5.41, 5.74) is 1.04. The molecule has 3 aliphatic heterocycles. The molecule has 1 aromatic carbocycles. The van der Waals surface area contributed by atoms with Crippen LogP contribution in [0.15, 0.2) is 18.2 Å². The first-order valence-corrected chi connectivity index (χ1v) is 12.9. The van der Waals surface area contributed by atoms with Crippen LogP contribution in [0, 0.1) is 11.8 Å². The molecule has 0 unspecified atom stereocenters. The highest BCUT2D eigenvalue weighted by Gasteiger charge is 2.30. The second-order valence-corrected chi connectivity index (χ2v) is 10.4. The standard InChI is InChI=1S/C26H39N5O4/c1-19(2)17-28-12-14-29(15-13-28)18-20-6-9-30(10-7-20)25(33)21-4-5-23(35-3)22(16-21)31-11-8-24(32)27-26(31)34/h4-5,16,19-20H,6-15,17-18H2,1-3H3,(H,27,32,34). The number of benzene rings is 1. The molecular weight excluding hydrogens is 446 g/mol. The van der Waals surface area contributed by atoms with Gasteiger partial charge in [-0.3, -0.25) is 19.8 Å². The molecule has 0 bridgehead atoms. The molecule has 9 heteroatoms. The van der Waals surface area contributed by atoms with Crippen molar-refractivity contribution in [3.05, 3.63) is 23.8 Å². The molecule has 3 fully saturated rings. The molecule has 0 aromatic heterocycles. The smallest absolute Gasteiger partial charge is 0.328 e. The third kappa shape index (κ3) is 6.32. The van der Waals surface area contributed by atoms with Gasteiger partial charge in [0.1, 0.15) is 5.75 Å². The van der Waals surface area contributed by atoms with E-state index in [1.165, 1.54) is 18.6 Å². The van der Waals surface area contributed by atoms with Gasteiger partial charge in [0.15, 0.2) is 0 Å². The summed E-state index contributed by atoms with van der Waals surface area (Å²) in [7, 11) is 1.53. The van der Waals surface area contributed by atoms with Gasteiger partial charge < -0.3 is 19.4 Å². The maximum Gasteiger partial charge on any atom is 0.328 e. The van der Waals surface area contributed by atoms with Crippen molar-refractivity contribution < 1.29 is 19.1 Å². The number of carbonyl (C=O) groups is 3. The minimum Gasteiger partial charge on any atom is -0.495 e. The van der Waals surface area contributed by atoms with Crippen LogP contribution in [0.4, 0.5) is 10.5 Å². The Kier molecular flexibility index (Phi) is 8.28. The number of rotatable bonds is 7. The topological polar surface area (TPSA) is 85.4 Å². The van der Waals surface area contributed by atoms with Crippen LogP contribution in [0.3, 0.4) is 0 Å². The fourth-order valence-electron chi connectivity index (χ4n) is 5.37. The molecule has 9 nitrogen and oxygen atoms in total. The van der Waals surface area contributed by atoms with E-state index < -0.39 is 6.03 Å². The lowest BCUT2D eigenvalue weighted by Gasteiger charge is -2.39. The van der Waals surface area contributed by atoms with Crippen LogP contribution in [0.5, 0.6) is 5.75 Å². The average Bonchev–Trinajstić information content (AvgIpc) is 2.85. The number of piperazine rings is 1. The van der Waals surface area contributed by atoms with Gasteiger partial charge in [-0.05, 0) is 42.9 Å². The second kappa shape index (κ2) is 11.4. The number of anilines is 1. The minimum absolute atomic E-state index is 0.0249. The van der Waals surface area contributed by atoms with Crippen molar-refractivity contribution in [2.24, 2.45) is 11.8 Å². The quantitative estimate of drug-likeness (QED) is 0.638. The summed E-state index contributed by atoms with van der Waals surface area (Å²) < 4.78 is 5.43. The molecule has 0 atom stereocenters. The number of amides is 4. The Labute approximate surface area is 208 Å². The minimum atomic E-state index is -0.491. The van der Waals surface area contributed by atoms with Gasteiger partial charge in [0.05, 0.1) is 12.8 Å². The Bertz CT molecular complexity index is 920. The summed E-state index contributed by atoms with van der Waals surface area (Å²) in [6, 6.07) is 4.69. The number of imide groups is 1. The van der Waals surface area contributed by atoms with Crippen LogP contribution < -0.4 is 15.0 Å². The normalized spacial score (nSPS) is 20.9. The number of urea groups is 1. The van der Waals surface area contributed by atoms with Gasteiger partial charge in [0.2, 0.25) is 5.91 Å². The van der Waals surface area contributed by atoms with Gasteiger partial charge in [-0.2, -0.15) is 0 Å². The highest BCUT2D eigenvalue weighted by molar-refractivity contribution is 6.07. The number of piperidine rings is 1. The van der Waals surface area contributed by atoms with Crippen molar-refractivity contribution in [2.75, 3.05) is 70.9 Å².